The Kier molecular flexibility index (Phi) is 3.78. The number of aromatic nitrogens is 2. The molecular weight excluding hydrogens is 240 g/mol. The molecule has 1 aromatic heterocycles. The Bertz CT molecular complexity index is 424. The second-order valence-corrected chi connectivity index (χ2v) is 4.35. The smallest absolute Gasteiger partial charge is 0.226 e. The molecular formula is C11H15ClN4O. The summed E-state index contributed by atoms with van der Waals surface area (Å²) in [6.07, 6.45) is 4.20. The van der Waals surface area contributed by atoms with Crippen LogP contribution in [0.3, 0.4) is 0 Å². The number of anilines is 2. The van der Waals surface area contributed by atoms with Crippen LogP contribution < -0.4 is 10.2 Å². The second-order valence-electron chi connectivity index (χ2n) is 4.02. The molecule has 92 valence electrons. The molecule has 0 saturated heterocycles. The number of halogens is 1. The fourth-order valence-corrected chi connectivity index (χ4v) is 1.93. The maximum atomic E-state index is 11.5. The van der Waals surface area contributed by atoms with Crippen molar-refractivity contribution in [2.75, 3.05) is 23.3 Å². The quantitative estimate of drug-likeness (QED) is 0.839. The first-order valence-corrected chi connectivity index (χ1v) is 6.16. The number of carbonyl (C=O) groups is 1. The van der Waals surface area contributed by atoms with Crippen molar-refractivity contribution in [3.05, 3.63) is 11.5 Å². The van der Waals surface area contributed by atoms with Gasteiger partial charge in [0, 0.05) is 19.5 Å². The van der Waals surface area contributed by atoms with Crippen molar-refractivity contribution in [2.45, 2.75) is 26.2 Å². The fraction of sp³-hybridized carbons (Fsp3) is 0.545. The van der Waals surface area contributed by atoms with Gasteiger partial charge in [-0.25, -0.2) is 4.98 Å². The van der Waals surface area contributed by atoms with Crippen LogP contribution in [0.5, 0.6) is 0 Å². The topological polar surface area (TPSA) is 58.1 Å². The Hall–Kier alpha value is -1.36. The predicted octanol–water partition coefficient (Wildman–Crippen LogP) is 2.08. The SMILES string of the molecule is CCCCN1CCC(=O)Nc2cnc(Cl)nc21. The summed E-state index contributed by atoms with van der Waals surface area (Å²) < 4.78 is 0. The molecule has 5 nitrogen and oxygen atoms in total. The molecule has 0 unspecified atom stereocenters. The van der Waals surface area contributed by atoms with Crippen LogP contribution in [0, 0.1) is 0 Å². The molecule has 2 rings (SSSR count). The van der Waals surface area contributed by atoms with Crippen molar-refractivity contribution >= 4 is 29.0 Å². The number of unbranched alkanes of at least 4 members (excludes halogenated alkanes) is 1. The number of nitrogens with one attached hydrogen (secondary N) is 1. The number of amides is 1. The van der Waals surface area contributed by atoms with Gasteiger partial charge in [-0.15, -0.1) is 0 Å². The first kappa shape index (κ1) is 12.1. The normalized spacial score (nSPS) is 15.2. The molecule has 2 heterocycles. The summed E-state index contributed by atoms with van der Waals surface area (Å²) in [5.74, 6) is 0.723. The molecule has 0 bridgehead atoms. The molecule has 6 heteroatoms. The summed E-state index contributed by atoms with van der Waals surface area (Å²) in [4.78, 5) is 21.7. The third-order valence-electron chi connectivity index (χ3n) is 2.70. The summed E-state index contributed by atoms with van der Waals surface area (Å²) in [6, 6.07) is 0. The highest BCUT2D eigenvalue weighted by molar-refractivity contribution is 6.28. The molecule has 1 N–H and O–H groups in total. The highest BCUT2D eigenvalue weighted by Crippen LogP contribution is 2.27. The van der Waals surface area contributed by atoms with Crippen LogP contribution in [0.2, 0.25) is 5.28 Å². The van der Waals surface area contributed by atoms with Crippen LogP contribution in [0.15, 0.2) is 6.20 Å². The molecule has 0 radical (unpaired) electrons. The number of hydrogen-bond donors (Lipinski definition) is 1. The lowest BCUT2D eigenvalue weighted by Crippen LogP contribution is -2.26. The zero-order chi connectivity index (χ0) is 12.3. The van der Waals surface area contributed by atoms with E-state index in [0.717, 1.165) is 25.2 Å². The van der Waals surface area contributed by atoms with E-state index >= 15 is 0 Å². The van der Waals surface area contributed by atoms with Crippen LogP contribution in [-0.4, -0.2) is 29.0 Å². The largest absolute Gasteiger partial charge is 0.354 e. The molecule has 0 aliphatic carbocycles. The zero-order valence-electron chi connectivity index (χ0n) is 9.74. The summed E-state index contributed by atoms with van der Waals surface area (Å²) in [6.45, 7) is 3.69. The third-order valence-corrected chi connectivity index (χ3v) is 2.89. The maximum absolute atomic E-state index is 11.5. The van der Waals surface area contributed by atoms with Gasteiger partial charge in [0.2, 0.25) is 11.2 Å². The molecule has 0 aromatic carbocycles. The lowest BCUT2D eigenvalue weighted by atomic mass is 10.3. The van der Waals surface area contributed by atoms with Gasteiger partial charge in [-0.1, -0.05) is 13.3 Å². The van der Waals surface area contributed by atoms with Gasteiger partial charge < -0.3 is 10.2 Å². The lowest BCUT2D eigenvalue weighted by molar-refractivity contribution is -0.115. The summed E-state index contributed by atoms with van der Waals surface area (Å²) in [5.41, 5.74) is 0.646. The number of carbonyl (C=O) groups excluding carboxylic acids is 1. The minimum absolute atomic E-state index is 0.00355. The Labute approximate surface area is 105 Å². The molecule has 0 atom stereocenters. The van der Waals surface area contributed by atoms with Gasteiger partial charge in [0.05, 0.1) is 6.20 Å². The maximum Gasteiger partial charge on any atom is 0.226 e. The Balaban J connectivity index is 2.30. The van der Waals surface area contributed by atoms with Gasteiger partial charge in [-0.05, 0) is 18.0 Å². The van der Waals surface area contributed by atoms with Crippen molar-refractivity contribution in [1.29, 1.82) is 0 Å². The van der Waals surface area contributed by atoms with E-state index in [9.17, 15) is 4.79 Å². The summed E-state index contributed by atoms with van der Waals surface area (Å²) in [5, 5.41) is 3.00. The first-order chi connectivity index (χ1) is 8.20. The van der Waals surface area contributed by atoms with E-state index in [2.05, 4.69) is 27.1 Å². The van der Waals surface area contributed by atoms with Crippen molar-refractivity contribution in [3.8, 4) is 0 Å². The van der Waals surface area contributed by atoms with Crippen molar-refractivity contribution < 1.29 is 4.79 Å². The first-order valence-electron chi connectivity index (χ1n) is 5.78. The summed E-state index contributed by atoms with van der Waals surface area (Å²) in [7, 11) is 0. The predicted molar refractivity (Wildman–Crippen MR) is 67.4 cm³/mol. The molecule has 1 amide bonds. The third kappa shape index (κ3) is 2.85. The van der Waals surface area contributed by atoms with E-state index < -0.39 is 0 Å². The zero-order valence-corrected chi connectivity index (χ0v) is 10.5. The van der Waals surface area contributed by atoms with Gasteiger partial charge in [0.25, 0.3) is 0 Å². The van der Waals surface area contributed by atoms with Crippen molar-refractivity contribution in [2.24, 2.45) is 0 Å². The Morgan fingerprint density at radius 1 is 1.59 bits per heavy atom. The Morgan fingerprint density at radius 3 is 3.18 bits per heavy atom. The van der Waals surface area contributed by atoms with Gasteiger partial charge in [-0.3, -0.25) is 4.79 Å². The standard InChI is InChI=1S/C11H15ClN4O/c1-2-3-5-16-6-4-9(17)14-8-7-13-11(12)15-10(8)16/h7H,2-6H2,1H3,(H,14,17). The van der Waals surface area contributed by atoms with E-state index in [-0.39, 0.29) is 11.2 Å². The highest BCUT2D eigenvalue weighted by atomic mass is 35.5. The van der Waals surface area contributed by atoms with E-state index in [1.165, 1.54) is 0 Å². The molecule has 1 aliphatic rings. The molecule has 0 saturated carbocycles. The van der Waals surface area contributed by atoms with Gasteiger partial charge >= 0.3 is 0 Å². The van der Waals surface area contributed by atoms with Crippen LogP contribution in [0.4, 0.5) is 11.5 Å². The number of nitrogens with zero attached hydrogens (tertiary/aromatic N) is 3. The van der Waals surface area contributed by atoms with Crippen molar-refractivity contribution in [3.63, 3.8) is 0 Å². The fourth-order valence-electron chi connectivity index (χ4n) is 1.80. The van der Waals surface area contributed by atoms with E-state index in [1.807, 2.05) is 0 Å². The lowest BCUT2D eigenvalue weighted by Gasteiger charge is -2.22. The van der Waals surface area contributed by atoms with Crippen molar-refractivity contribution in [1.82, 2.24) is 9.97 Å². The van der Waals surface area contributed by atoms with Gasteiger partial charge in [-0.2, -0.15) is 4.98 Å². The molecule has 0 spiro atoms. The molecule has 1 aromatic rings. The highest BCUT2D eigenvalue weighted by Gasteiger charge is 2.20. The molecule has 1 aliphatic heterocycles. The van der Waals surface area contributed by atoms with E-state index in [1.54, 1.807) is 6.20 Å². The minimum atomic E-state index is -0.00355. The van der Waals surface area contributed by atoms with Gasteiger partial charge in [0.15, 0.2) is 5.82 Å². The second kappa shape index (κ2) is 5.31. The van der Waals surface area contributed by atoms with E-state index in [0.29, 0.717) is 18.7 Å². The number of hydrogen-bond acceptors (Lipinski definition) is 4. The summed E-state index contributed by atoms with van der Waals surface area (Å²) >= 11 is 5.80. The Morgan fingerprint density at radius 2 is 2.41 bits per heavy atom. The van der Waals surface area contributed by atoms with Crippen LogP contribution in [-0.2, 0) is 4.79 Å². The molecule has 0 fully saturated rings. The minimum Gasteiger partial charge on any atom is -0.354 e. The molecule has 17 heavy (non-hydrogen) atoms. The van der Waals surface area contributed by atoms with Crippen LogP contribution in [0.1, 0.15) is 26.2 Å². The number of rotatable bonds is 3. The van der Waals surface area contributed by atoms with E-state index in [4.69, 9.17) is 11.6 Å². The monoisotopic (exact) mass is 254 g/mol. The average molecular weight is 255 g/mol. The average Bonchev–Trinajstić information content (AvgIpc) is 2.46. The number of fused-ring (bicyclic) bond motifs is 1. The van der Waals surface area contributed by atoms with Gasteiger partial charge in [0.1, 0.15) is 5.69 Å². The van der Waals surface area contributed by atoms with Crippen LogP contribution >= 0.6 is 11.6 Å². The van der Waals surface area contributed by atoms with Crippen LogP contribution in [0.25, 0.3) is 0 Å².